The van der Waals surface area contributed by atoms with Gasteiger partial charge in [-0.25, -0.2) is 0 Å². The molecular formula is C18H39NO. The Morgan fingerprint density at radius 3 is 1.30 bits per heavy atom. The molecule has 0 saturated carbocycles. The van der Waals surface area contributed by atoms with E-state index in [1.807, 2.05) is 6.08 Å². The van der Waals surface area contributed by atoms with E-state index in [0.29, 0.717) is 0 Å². The third kappa shape index (κ3) is 19.8. The Bertz CT molecular complexity index is 180. The number of aliphatic hydroxyl groups excluding tert-OH is 1. The van der Waals surface area contributed by atoms with Gasteiger partial charge < -0.3 is 11.3 Å². The van der Waals surface area contributed by atoms with Crippen molar-refractivity contribution in [3.63, 3.8) is 0 Å². The molecule has 4 N–H and O–H groups in total. The van der Waals surface area contributed by atoms with E-state index in [1.165, 1.54) is 96.2 Å². The summed E-state index contributed by atoms with van der Waals surface area (Å²) in [5, 5.41) is 8.49. The van der Waals surface area contributed by atoms with Crippen LogP contribution in [-0.4, -0.2) is 5.11 Å². The zero-order valence-corrected chi connectivity index (χ0v) is 13.9. The van der Waals surface area contributed by atoms with Crippen molar-refractivity contribution in [3.8, 4) is 0 Å². The van der Waals surface area contributed by atoms with Crippen molar-refractivity contribution >= 4 is 0 Å². The van der Waals surface area contributed by atoms with Gasteiger partial charge in [0.15, 0.2) is 0 Å². The van der Waals surface area contributed by atoms with Crippen molar-refractivity contribution in [2.24, 2.45) is 0 Å². The summed E-state index contributed by atoms with van der Waals surface area (Å²) < 4.78 is 0. The van der Waals surface area contributed by atoms with Crippen molar-refractivity contribution in [1.29, 1.82) is 0 Å². The highest BCUT2D eigenvalue weighted by Crippen LogP contribution is 2.13. The summed E-state index contributed by atoms with van der Waals surface area (Å²) in [4.78, 5) is 0. The lowest BCUT2D eigenvalue weighted by Gasteiger charge is -2.02. The van der Waals surface area contributed by atoms with Crippen molar-refractivity contribution in [2.45, 2.75) is 103 Å². The maximum Gasteiger partial charge on any atom is 0.0751 e. The van der Waals surface area contributed by atoms with Gasteiger partial charge in [0.1, 0.15) is 0 Å². The number of rotatable bonds is 15. The van der Waals surface area contributed by atoms with Gasteiger partial charge in [-0.3, -0.25) is 0 Å². The zero-order chi connectivity index (χ0) is 14.0. The molecule has 2 heteroatoms. The highest BCUT2D eigenvalue weighted by atomic mass is 16.2. The summed E-state index contributed by atoms with van der Waals surface area (Å²) in [5.74, 6) is 0. The highest BCUT2D eigenvalue weighted by Gasteiger charge is 1.93. The maximum absolute atomic E-state index is 8.49. The smallest absolute Gasteiger partial charge is 0.0751 e. The van der Waals surface area contributed by atoms with Gasteiger partial charge >= 0.3 is 0 Å². The molecule has 0 aliphatic heterocycles. The Hall–Kier alpha value is -0.500. The molecule has 20 heavy (non-hydrogen) atoms. The van der Waals surface area contributed by atoms with Gasteiger partial charge in [-0.2, -0.15) is 0 Å². The molecule has 0 atom stereocenters. The van der Waals surface area contributed by atoms with Crippen LogP contribution in [0.5, 0.6) is 0 Å². The highest BCUT2D eigenvalue weighted by molar-refractivity contribution is 4.70. The van der Waals surface area contributed by atoms with E-state index in [-0.39, 0.29) is 6.15 Å². The van der Waals surface area contributed by atoms with Crippen LogP contribution >= 0.6 is 0 Å². The van der Waals surface area contributed by atoms with Crippen molar-refractivity contribution < 1.29 is 5.11 Å². The number of allylic oxidation sites excluding steroid dienone is 1. The van der Waals surface area contributed by atoms with E-state index in [4.69, 9.17) is 5.11 Å². The molecule has 0 radical (unpaired) electrons. The molecule has 122 valence electrons. The predicted molar refractivity (Wildman–Crippen MR) is 91.7 cm³/mol. The monoisotopic (exact) mass is 285 g/mol. The van der Waals surface area contributed by atoms with Crippen molar-refractivity contribution in [3.05, 3.63) is 12.3 Å². The largest absolute Gasteiger partial charge is 0.516 e. The number of hydrogen-bond donors (Lipinski definition) is 2. The van der Waals surface area contributed by atoms with E-state index in [9.17, 15) is 0 Å². The summed E-state index contributed by atoms with van der Waals surface area (Å²) in [7, 11) is 0. The average molecular weight is 286 g/mol. The van der Waals surface area contributed by atoms with Gasteiger partial charge in [0, 0.05) is 0 Å². The lowest BCUT2D eigenvalue weighted by Crippen LogP contribution is -1.83. The number of hydrogen-bond acceptors (Lipinski definition) is 2. The van der Waals surface area contributed by atoms with Crippen LogP contribution in [0, 0.1) is 0 Å². The molecule has 0 bridgehead atoms. The van der Waals surface area contributed by atoms with E-state index >= 15 is 0 Å². The van der Waals surface area contributed by atoms with Crippen LogP contribution in [0.3, 0.4) is 0 Å². The molecule has 0 saturated heterocycles. The quantitative estimate of drug-likeness (QED) is 0.249. The van der Waals surface area contributed by atoms with Crippen LogP contribution in [-0.2, 0) is 0 Å². The first-order valence-electron chi connectivity index (χ1n) is 8.71. The van der Waals surface area contributed by atoms with Gasteiger partial charge in [0.2, 0.25) is 0 Å². The van der Waals surface area contributed by atoms with Crippen molar-refractivity contribution in [1.82, 2.24) is 6.15 Å². The first-order valence-corrected chi connectivity index (χ1v) is 8.71. The second-order valence-corrected chi connectivity index (χ2v) is 5.77. The third-order valence-corrected chi connectivity index (χ3v) is 3.83. The molecule has 0 aliphatic carbocycles. The first-order chi connectivity index (χ1) is 9.41. The SMILES string of the molecule is CCCCCCCCCCCCCCCCC=CO.N. The lowest BCUT2D eigenvalue weighted by atomic mass is 10.0. The Morgan fingerprint density at radius 1 is 0.600 bits per heavy atom. The zero-order valence-electron chi connectivity index (χ0n) is 13.9. The molecule has 0 fully saturated rings. The van der Waals surface area contributed by atoms with E-state index in [2.05, 4.69) is 6.92 Å². The molecule has 0 aliphatic rings. The predicted octanol–water partition coefficient (Wildman–Crippen LogP) is 7.09. The lowest BCUT2D eigenvalue weighted by molar-refractivity contribution is 0.469. The minimum atomic E-state index is 0. The second kappa shape index (κ2) is 20.8. The van der Waals surface area contributed by atoms with Gasteiger partial charge in [-0.05, 0) is 12.8 Å². The minimum Gasteiger partial charge on any atom is -0.516 e. The Labute approximate surface area is 127 Å². The summed E-state index contributed by atoms with van der Waals surface area (Å²) in [6.07, 6.45) is 23.7. The van der Waals surface area contributed by atoms with Gasteiger partial charge in [-0.15, -0.1) is 0 Å². The Balaban J connectivity index is 0. The molecule has 0 spiro atoms. The molecule has 0 rings (SSSR count). The Morgan fingerprint density at radius 2 is 0.950 bits per heavy atom. The number of unbranched alkanes of at least 4 members (excludes halogenated alkanes) is 14. The molecule has 0 heterocycles. The van der Waals surface area contributed by atoms with Crippen LogP contribution in [0.15, 0.2) is 12.3 Å². The van der Waals surface area contributed by atoms with E-state index in [0.717, 1.165) is 6.42 Å². The molecule has 0 amide bonds. The summed E-state index contributed by atoms with van der Waals surface area (Å²) in [5.41, 5.74) is 0. The average Bonchev–Trinajstić information content (AvgIpc) is 2.43. The van der Waals surface area contributed by atoms with E-state index in [1.54, 1.807) is 0 Å². The molecule has 0 aromatic rings. The van der Waals surface area contributed by atoms with Crippen LogP contribution < -0.4 is 6.15 Å². The van der Waals surface area contributed by atoms with Crippen molar-refractivity contribution in [2.75, 3.05) is 0 Å². The van der Waals surface area contributed by atoms with Gasteiger partial charge in [0.05, 0.1) is 6.26 Å². The Kier molecular flexibility index (Phi) is 22.7. The minimum absolute atomic E-state index is 0. The standard InChI is InChI=1S/C18H36O.H3N/c1-2-3-4-5-6-7-8-9-10-11-12-13-14-15-16-17-18-19;/h17-19H,2-16H2,1H3;1H3. The van der Waals surface area contributed by atoms with Gasteiger partial charge in [-0.1, -0.05) is 96.5 Å². The van der Waals surface area contributed by atoms with Gasteiger partial charge in [0.25, 0.3) is 0 Å². The third-order valence-electron chi connectivity index (χ3n) is 3.83. The summed E-state index contributed by atoms with van der Waals surface area (Å²) in [6.45, 7) is 2.28. The van der Waals surface area contributed by atoms with Crippen LogP contribution in [0.4, 0.5) is 0 Å². The fraction of sp³-hybridized carbons (Fsp3) is 0.889. The maximum atomic E-state index is 8.49. The number of aliphatic hydroxyl groups is 1. The fourth-order valence-corrected chi connectivity index (χ4v) is 2.53. The normalized spacial score (nSPS) is 10.8. The summed E-state index contributed by atoms with van der Waals surface area (Å²) in [6, 6.07) is 0. The molecule has 0 aromatic heterocycles. The van der Waals surface area contributed by atoms with Crippen LogP contribution in [0.25, 0.3) is 0 Å². The molecule has 0 unspecified atom stereocenters. The molecule has 0 aromatic carbocycles. The molecular weight excluding hydrogens is 246 g/mol. The first kappa shape index (κ1) is 21.8. The topological polar surface area (TPSA) is 55.2 Å². The van der Waals surface area contributed by atoms with E-state index < -0.39 is 0 Å². The fourth-order valence-electron chi connectivity index (χ4n) is 2.53. The second-order valence-electron chi connectivity index (χ2n) is 5.77. The summed E-state index contributed by atoms with van der Waals surface area (Å²) >= 11 is 0. The molecule has 2 nitrogen and oxygen atoms in total. The van der Waals surface area contributed by atoms with Crippen LogP contribution in [0.2, 0.25) is 0 Å². The van der Waals surface area contributed by atoms with Crippen LogP contribution in [0.1, 0.15) is 103 Å².